The van der Waals surface area contributed by atoms with Crippen LogP contribution in [0, 0.1) is 0 Å². The summed E-state index contributed by atoms with van der Waals surface area (Å²) in [5.74, 6) is -5.63. The van der Waals surface area contributed by atoms with Gasteiger partial charge in [-0.1, -0.05) is 163 Å². The number of phenolic OH excluding ortho intramolecular Hbond substituents is 16. The van der Waals surface area contributed by atoms with Gasteiger partial charge >= 0.3 is 0 Å². The van der Waals surface area contributed by atoms with Gasteiger partial charge in [0.25, 0.3) is 0 Å². The predicted molar refractivity (Wildman–Crippen MR) is 354 cm³/mol. The first-order valence-corrected chi connectivity index (χ1v) is 29.7. The molecule has 92 heavy (non-hydrogen) atoms. The van der Waals surface area contributed by atoms with Crippen LogP contribution in [0.2, 0.25) is 0 Å². The third-order valence-corrected chi connectivity index (χ3v) is 15.1. The van der Waals surface area contributed by atoms with Gasteiger partial charge in [-0.15, -0.1) is 0 Å². The molecule has 0 saturated heterocycles. The summed E-state index contributed by atoms with van der Waals surface area (Å²) in [4.78, 5) is 0. The first kappa shape index (κ1) is 67.7. The third-order valence-electron chi connectivity index (χ3n) is 15.1. The summed E-state index contributed by atoms with van der Waals surface area (Å²) in [5.41, 5.74) is 9.08. The van der Waals surface area contributed by atoms with Crippen molar-refractivity contribution in [3.8, 4) is 103 Å². The Kier molecular flexibility index (Phi) is 22.4. The lowest BCUT2D eigenvalue weighted by Crippen LogP contribution is -2.07. The summed E-state index contributed by atoms with van der Waals surface area (Å²) in [6.07, 6.45) is 0. The highest BCUT2D eigenvalue weighted by Gasteiger charge is 2.28. The number of hydrogen-bond donors (Lipinski definition) is 16. The van der Waals surface area contributed by atoms with Crippen molar-refractivity contribution >= 4 is 0 Å². The summed E-state index contributed by atoms with van der Waals surface area (Å²) < 4.78 is 0. The van der Waals surface area contributed by atoms with Crippen LogP contribution in [0.25, 0.3) is 11.1 Å². The molecule has 0 fully saturated rings. The minimum Gasteiger partial charge on any atom is -0.508 e. The molecule has 0 bridgehead atoms. The average molecular weight is 1240 g/mol. The summed E-state index contributed by atoms with van der Waals surface area (Å²) in [7, 11) is 0. The van der Waals surface area contributed by atoms with Crippen molar-refractivity contribution < 1.29 is 81.7 Å². The van der Waals surface area contributed by atoms with Crippen molar-refractivity contribution in [2.24, 2.45) is 0 Å². The number of hydrogen-bond acceptors (Lipinski definition) is 16. The van der Waals surface area contributed by atoms with Crippen LogP contribution in [0.15, 0.2) is 218 Å². The molecule has 0 radical (unpaired) electrons. The quantitative estimate of drug-likeness (QED) is 0.0377. The monoisotopic (exact) mass is 1240 g/mol. The van der Waals surface area contributed by atoms with E-state index >= 15 is 0 Å². The molecule has 0 heterocycles. The zero-order chi connectivity index (χ0) is 67.1. The first-order valence-electron chi connectivity index (χ1n) is 29.7. The molecule has 0 aliphatic rings. The maximum atomic E-state index is 10.7. The van der Waals surface area contributed by atoms with E-state index < -0.39 is 23.7 Å². The van der Waals surface area contributed by atoms with E-state index in [9.17, 15) is 81.7 Å². The topological polar surface area (TPSA) is 324 Å². The number of benzene rings is 11. The molecule has 0 atom stereocenters. The van der Waals surface area contributed by atoms with Gasteiger partial charge in [-0.3, -0.25) is 0 Å². The van der Waals surface area contributed by atoms with E-state index in [0.29, 0.717) is 55.6 Å². The molecule has 0 aliphatic heterocycles. The van der Waals surface area contributed by atoms with Crippen LogP contribution in [-0.4, -0.2) is 81.7 Å². The van der Waals surface area contributed by atoms with Gasteiger partial charge in [0.2, 0.25) is 0 Å². The van der Waals surface area contributed by atoms with E-state index in [1.165, 1.54) is 97.1 Å². The normalized spacial score (nSPS) is 10.7. The number of phenols is 16. The molecule has 16 nitrogen and oxygen atoms in total. The van der Waals surface area contributed by atoms with Gasteiger partial charge < -0.3 is 81.7 Å². The van der Waals surface area contributed by atoms with Crippen LogP contribution in [0.5, 0.6) is 92.0 Å². The average Bonchev–Trinajstić information content (AvgIpc) is 0.800. The second-order valence-electron chi connectivity index (χ2n) is 20.6. The second kappa shape index (κ2) is 30.4. The highest BCUT2D eigenvalue weighted by Crippen LogP contribution is 2.47. The fourth-order valence-corrected chi connectivity index (χ4v) is 10.8. The van der Waals surface area contributed by atoms with E-state index in [2.05, 4.69) is 0 Å². The van der Waals surface area contributed by atoms with Gasteiger partial charge in [0.05, 0.1) is 0 Å². The van der Waals surface area contributed by atoms with Gasteiger partial charge in [-0.2, -0.15) is 0 Å². The van der Waals surface area contributed by atoms with Crippen LogP contribution in [0.4, 0.5) is 0 Å². The lowest BCUT2D eigenvalue weighted by Gasteiger charge is -2.24. The van der Waals surface area contributed by atoms with Gasteiger partial charge in [-0.25, -0.2) is 0 Å². The summed E-state index contributed by atoms with van der Waals surface area (Å²) in [6, 6.07) is 57.5. The van der Waals surface area contributed by atoms with E-state index in [-0.39, 0.29) is 92.0 Å². The third kappa shape index (κ3) is 15.4. The second-order valence-corrected chi connectivity index (χ2v) is 20.6. The van der Waals surface area contributed by atoms with Gasteiger partial charge in [0, 0.05) is 70.2 Å². The molecule has 0 saturated carbocycles. The van der Waals surface area contributed by atoms with Crippen molar-refractivity contribution in [3.05, 3.63) is 285 Å². The van der Waals surface area contributed by atoms with Crippen LogP contribution in [0.1, 0.15) is 132 Å². The van der Waals surface area contributed by atoms with Crippen molar-refractivity contribution in [1.29, 1.82) is 0 Å². The van der Waals surface area contributed by atoms with E-state index in [0.717, 1.165) is 22.3 Å². The smallest absolute Gasteiger partial charge is 0.157 e. The fourth-order valence-electron chi connectivity index (χ4n) is 10.8. The van der Waals surface area contributed by atoms with E-state index in [1.54, 1.807) is 72.8 Å². The largest absolute Gasteiger partial charge is 0.508 e. The molecule has 16 heteroatoms. The molecule has 0 spiro atoms. The Hall–Kier alpha value is -11.8. The van der Waals surface area contributed by atoms with Gasteiger partial charge in [-0.05, 0) is 128 Å². The molecule has 11 aromatic carbocycles. The summed E-state index contributed by atoms with van der Waals surface area (Å²) >= 11 is 0. The Bertz CT molecular complexity index is 3800. The van der Waals surface area contributed by atoms with Crippen LogP contribution in [-0.2, 0) is 0 Å². The fraction of sp³-hybridized carbons (Fsp3) is 0.132. The van der Waals surface area contributed by atoms with Crippen LogP contribution >= 0.6 is 0 Å². The maximum Gasteiger partial charge on any atom is 0.157 e. The van der Waals surface area contributed by atoms with Crippen molar-refractivity contribution in [1.82, 2.24) is 0 Å². The van der Waals surface area contributed by atoms with E-state index in [1.807, 2.05) is 90.1 Å². The highest BCUT2D eigenvalue weighted by atomic mass is 16.3. The molecule has 0 aliphatic carbocycles. The Morgan fingerprint density at radius 3 is 0.543 bits per heavy atom. The summed E-state index contributed by atoms with van der Waals surface area (Å²) in [5, 5.41) is 162. The standard InChI is InChI=1S/C38H30O8.C32H26O8.3C2H6/c39-29-13-9-25(17-33(29)43)37(26-10-14-30(40)34(44)18-26)23-5-1-21(2-6-23)22-3-7-24(8-4-22)38(27-11-15-31(41)35(45)19-27)28-12-16-32(42)36(46)20-28;33-19-5-9-23(27(37)13-19)31(24-10-6-20(34)14-28(24)38)17-1-2-18(4-3-17)32(25-11-7-21(35)15-29(25)39)26-12-8-22(36)16-30(26)40;3*1-2/h1-20,37-46H;1-16,31-40H;3*1-2H3. The molecule has 0 amide bonds. The molecule has 11 rings (SSSR count). The Morgan fingerprint density at radius 1 is 0.163 bits per heavy atom. The van der Waals surface area contributed by atoms with Crippen molar-refractivity contribution in [3.63, 3.8) is 0 Å². The minimum atomic E-state index is -0.696. The SMILES string of the molecule is CC.CC.CC.Oc1ccc(C(c2ccc(-c3ccc(C(c4ccc(O)c(O)c4)c4ccc(O)c(O)c4)cc3)cc2)c2ccc(O)c(O)c2)cc1O.Oc1ccc(C(c2ccc(C(c3ccc(O)cc3O)c3ccc(O)cc3O)cc2)c2ccc(O)cc2O)c(O)c1. The molecule has 474 valence electrons. The Morgan fingerprint density at radius 2 is 0.348 bits per heavy atom. The molecular formula is C76H74O16. The van der Waals surface area contributed by atoms with E-state index in [4.69, 9.17) is 0 Å². The minimum absolute atomic E-state index is 0.129. The zero-order valence-electron chi connectivity index (χ0n) is 51.2. The number of rotatable bonds is 13. The molecular weight excluding hydrogens is 1170 g/mol. The Balaban J connectivity index is 0.000000244. The highest BCUT2D eigenvalue weighted by molar-refractivity contribution is 5.67. The Labute approximate surface area is 532 Å². The molecule has 11 aromatic rings. The number of aromatic hydroxyl groups is 16. The van der Waals surface area contributed by atoms with Crippen LogP contribution in [0.3, 0.4) is 0 Å². The van der Waals surface area contributed by atoms with Gasteiger partial charge in [0.1, 0.15) is 46.0 Å². The lowest BCUT2D eigenvalue weighted by atomic mass is 9.80. The zero-order valence-corrected chi connectivity index (χ0v) is 51.2. The first-order chi connectivity index (χ1) is 44.2. The predicted octanol–water partition coefficient (Wildman–Crippen LogP) is 16.1. The maximum absolute atomic E-state index is 10.7. The van der Waals surface area contributed by atoms with Gasteiger partial charge in [0.15, 0.2) is 46.0 Å². The molecule has 0 unspecified atom stereocenters. The van der Waals surface area contributed by atoms with Crippen molar-refractivity contribution in [2.45, 2.75) is 65.2 Å². The van der Waals surface area contributed by atoms with Crippen LogP contribution < -0.4 is 0 Å². The molecule has 0 aromatic heterocycles. The molecule has 16 N–H and O–H groups in total. The van der Waals surface area contributed by atoms with Crippen molar-refractivity contribution in [2.75, 3.05) is 0 Å². The lowest BCUT2D eigenvalue weighted by molar-refractivity contribution is 0.402. The summed E-state index contributed by atoms with van der Waals surface area (Å²) in [6.45, 7) is 12.0.